The summed E-state index contributed by atoms with van der Waals surface area (Å²) in [7, 11) is 1.63. The van der Waals surface area contributed by atoms with Gasteiger partial charge in [-0.1, -0.05) is 41.9 Å². The molecule has 2 rings (SSSR count). The Bertz CT molecular complexity index is 677. The van der Waals surface area contributed by atoms with Gasteiger partial charge in [0.1, 0.15) is 6.10 Å². The number of carbonyl (C=O) groups is 1. The second-order valence-corrected chi connectivity index (χ2v) is 6.20. The fourth-order valence-corrected chi connectivity index (χ4v) is 2.82. The Labute approximate surface area is 160 Å². The normalized spacial score (nSPS) is 12.8. The molecule has 6 heteroatoms. The van der Waals surface area contributed by atoms with E-state index in [0.29, 0.717) is 23.6 Å². The Morgan fingerprint density at radius 3 is 2.44 bits per heavy atom. The number of amides is 1. The molecule has 2 unspecified atom stereocenters. The number of halogens is 2. The number of nitrogens with one attached hydrogen (secondary N) is 1. The zero-order valence-electron chi connectivity index (χ0n) is 14.4. The number of carbonyl (C=O) groups excluding carboxylic acids is 1. The number of rotatable bonds is 7. The first kappa shape index (κ1) is 21.3. The van der Waals surface area contributed by atoms with Crippen molar-refractivity contribution >= 4 is 35.6 Å². The molecule has 0 aliphatic carbocycles. The molecule has 0 aliphatic rings. The van der Waals surface area contributed by atoms with Crippen molar-refractivity contribution < 1.29 is 9.53 Å². The fourth-order valence-electron chi connectivity index (χ4n) is 2.69. The third kappa shape index (κ3) is 6.24. The lowest BCUT2D eigenvalue weighted by atomic mass is 10.0. The van der Waals surface area contributed by atoms with E-state index in [2.05, 4.69) is 5.32 Å². The fraction of sp³-hybridized carbons (Fsp3) is 0.316. The van der Waals surface area contributed by atoms with Crippen LogP contribution in [0.15, 0.2) is 48.5 Å². The van der Waals surface area contributed by atoms with Gasteiger partial charge < -0.3 is 15.8 Å². The van der Waals surface area contributed by atoms with Crippen LogP contribution in [0.2, 0.25) is 5.02 Å². The summed E-state index contributed by atoms with van der Waals surface area (Å²) in [5.74, 6) is -0.0261. The van der Waals surface area contributed by atoms with Crippen LogP contribution in [0.25, 0.3) is 0 Å². The number of ether oxygens (including phenoxy) is 1. The van der Waals surface area contributed by atoms with E-state index in [9.17, 15) is 4.79 Å². The topological polar surface area (TPSA) is 64.3 Å². The van der Waals surface area contributed by atoms with Crippen molar-refractivity contribution in [2.24, 2.45) is 0 Å². The summed E-state index contributed by atoms with van der Waals surface area (Å²) in [6.45, 7) is 1.93. The highest BCUT2D eigenvalue weighted by molar-refractivity contribution is 6.30. The quantitative estimate of drug-likeness (QED) is 0.706. The predicted molar refractivity (Wildman–Crippen MR) is 105 cm³/mol. The lowest BCUT2D eigenvalue weighted by Gasteiger charge is -2.24. The van der Waals surface area contributed by atoms with Crippen molar-refractivity contribution in [1.82, 2.24) is 5.32 Å². The average Bonchev–Trinajstić information content (AvgIpc) is 2.56. The van der Waals surface area contributed by atoms with Crippen LogP contribution in [0.1, 0.15) is 30.6 Å². The Morgan fingerprint density at radius 1 is 1.20 bits per heavy atom. The van der Waals surface area contributed by atoms with Crippen LogP contribution in [0.3, 0.4) is 0 Å². The molecule has 25 heavy (non-hydrogen) atoms. The zero-order valence-corrected chi connectivity index (χ0v) is 15.9. The summed E-state index contributed by atoms with van der Waals surface area (Å²) in [4.78, 5) is 12.2. The first-order valence-corrected chi connectivity index (χ1v) is 8.30. The first-order chi connectivity index (χ1) is 11.5. The molecule has 4 nitrogen and oxygen atoms in total. The highest BCUT2D eigenvalue weighted by atomic mass is 35.5. The molecule has 136 valence electrons. The van der Waals surface area contributed by atoms with E-state index < -0.39 is 0 Å². The van der Waals surface area contributed by atoms with Gasteiger partial charge in [-0.3, -0.25) is 4.79 Å². The van der Waals surface area contributed by atoms with Crippen molar-refractivity contribution in [3.63, 3.8) is 0 Å². The number of benzene rings is 2. The molecule has 0 aliphatic heterocycles. The van der Waals surface area contributed by atoms with Gasteiger partial charge in [0, 0.05) is 24.2 Å². The van der Waals surface area contributed by atoms with E-state index >= 15 is 0 Å². The van der Waals surface area contributed by atoms with Gasteiger partial charge in [0.25, 0.3) is 0 Å². The van der Waals surface area contributed by atoms with Crippen LogP contribution in [-0.2, 0) is 16.0 Å². The van der Waals surface area contributed by atoms with Crippen molar-refractivity contribution in [2.45, 2.75) is 31.9 Å². The third-order valence-corrected chi connectivity index (χ3v) is 4.22. The van der Waals surface area contributed by atoms with E-state index in [4.69, 9.17) is 22.1 Å². The van der Waals surface area contributed by atoms with E-state index in [1.807, 2.05) is 55.5 Å². The molecule has 0 saturated carbocycles. The second-order valence-electron chi connectivity index (χ2n) is 5.76. The third-order valence-electron chi connectivity index (χ3n) is 3.97. The minimum absolute atomic E-state index is 0. The highest BCUT2D eigenvalue weighted by Crippen LogP contribution is 2.22. The molecule has 0 spiro atoms. The second kappa shape index (κ2) is 10.3. The molecule has 2 aromatic carbocycles. The van der Waals surface area contributed by atoms with Gasteiger partial charge in [-0.25, -0.2) is 0 Å². The largest absolute Gasteiger partial charge is 0.399 e. The van der Waals surface area contributed by atoms with Gasteiger partial charge in [-0.2, -0.15) is 0 Å². The Kier molecular flexibility index (Phi) is 8.76. The number of methoxy groups -OCH3 is 1. The number of nitrogens with two attached hydrogens (primary N) is 1. The first-order valence-electron chi connectivity index (χ1n) is 7.92. The van der Waals surface area contributed by atoms with Crippen molar-refractivity contribution in [1.29, 1.82) is 0 Å². The Morgan fingerprint density at radius 2 is 1.84 bits per heavy atom. The van der Waals surface area contributed by atoms with Gasteiger partial charge in [-0.05, 0) is 42.7 Å². The summed E-state index contributed by atoms with van der Waals surface area (Å²) in [6, 6.07) is 14.9. The van der Waals surface area contributed by atoms with E-state index in [-0.39, 0.29) is 30.5 Å². The number of hydrogen-bond acceptors (Lipinski definition) is 3. The van der Waals surface area contributed by atoms with E-state index in [1.165, 1.54) is 0 Å². The molecule has 2 atom stereocenters. The highest BCUT2D eigenvalue weighted by Gasteiger charge is 2.20. The van der Waals surface area contributed by atoms with Crippen molar-refractivity contribution in [2.75, 3.05) is 12.8 Å². The molecule has 0 radical (unpaired) electrons. The number of para-hydroxylation sites is 1. The van der Waals surface area contributed by atoms with Crippen molar-refractivity contribution in [3.05, 3.63) is 64.7 Å². The monoisotopic (exact) mass is 382 g/mol. The summed E-state index contributed by atoms with van der Waals surface area (Å²) >= 11 is 5.91. The summed E-state index contributed by atoms with van der Waals surface area (Å²) in [5, 5.41) is 3.67. The van der Waals surface area contributed by atoms with Crippen LogP contribution in [-0.4, -0.2) is 19.1 Å². The molecule has 0 saturated heterocycles. The van der Waals surface area contributed by atoms with Crippen LogP contribution < -0.4 is 11.1 Å². The van der Waals surface area contributed by atoms with Crippen LogP contribution in [0.4, 0.5) is 5.69 Å². The van der Waals surface area contributed by atoms with Crippen LogP contribution in [0, 0.1) is 0 Å². The SMILES string of the molecule is COC(c1ccc(Cl)cc1)C(C)NC(=O)CCc1ccccc1N.Cl. The maximum atomic E-state index is 12.2. The molecule has 0 aromatic heterocycles. The minimum Gasteiger partial charge on any atom is -0.399 e. The maximum Gasteiger partial charge on any atom is 0.220 e. The zero-order chi connectivity index (χ0) is 17.5. The molecule has 3 N–H and O–H groups in total. The minimum atomic E-state index is -0.229. The predicted octanol–water partition coefficient (Wildman–Crippen LogP) is 4.17. The molecule has 0 bridgehead atoms. The molecule has 0 fully saturated rings. The van der Waals surface area contributed by atoms with Gasteiger partial charge >= 0.3 is 0 Å². The number of nitrogen functional groups attached to an aromatic ring is 1. The Balaban J connectivity index is 0.00000312. The Hall–Kier alpha value is -1.75. The molecule has 0 heterocycles. The van der Waals surface area contributed by atoms with Gasteiger partial charge in [0.15, 0.2) is 0 Å². The van der Waals surface area contributed by atoms with Gasteiger partial charge in [0.2, 0.25) is 5.91 Å². The molecule has 2 aromatic rings. The standard InChI is InChI=1S/C19H23ClN2O2.ClH/c1-13(19(24-2)15-7-10-16(20)11-8-15)22-18(23)12-9-14-5-3-4-6-17(14)21;/h3-8,10-11,13,19H,9,12,21H2,1-2H3,(H,22,23);1H. The lowest BCUT2D eigenvalue weighted by molar-refractivity contribution is -0.122. The van der Waals surface area contributed by atoms with Crippen LogP contribution >= 0.6 is 24.0 Å². The molecular weight excluding hydrogens is 359 g/mol. The molecule has 1 amide bonds. The average molecular weight is 383 g/mol. The number of anilines is 1. The van der Waals surface area contributed by atoms with E-state index in [0.717, 1.165) is 11.1 Å². The summed E-state index contributed by atoms with van der Waals surface area (Å²) < 4.78 is 5.54. The van der Waals surface area contributed by atoms with Gasteiger partial charge in [-0.15, -0.1) is 12.4 Å². The number of hydrogen-bond donors (Lipinski definition) is 2. The maximum absolute atomic E-state index is 12.2. The van der Waals surface area contributed by atoms with E-state index in [1.54, 1.807) is 7.11 Å². The van der Waals surface area contributed by atoms with Gasteiger partial charge in [0.05, 0.1) is 6.04 Å². The van der Waals surface area contributed by atoms with Crippen molar-refractivity contribution in [3.8, 4) is 0 Å². The lowest BCUT2D eigenvalue weighted by Crippen LogP contribution is -2.37. The molecular formula is C19H24Cl2N2O2. The summed E-state index contributed by atoms with van der Waals surface area (Å²) in [6.07, 6.45) is 0.771. The number of aryl methyl sites for hydroxylation is 1. The smallest absolute Gasteiger partial charge is 0.220 e. The summed E-state index contributed by atoms with van der Waals surface area (Å²) in [5.41, 5.74) is 8.58. The van der Waals surface area contributed by atoms with Crippen LogP contribution in [0.5, 0.6) is 0 Å².